The molecule has 0 aliphatic carbocycles. The van der Waals surface area contributed by atoms with Crippen LogP contribution in [0.15, 0.2) is 17.2 Å². The van der Waals surface area contributed by atoms with E-state index in [-0.39, 0.29) is 26.7 Å². The van der Waals surface area contributed by atoms with Gasteiger partial charge in [-0.1, -0.05) is 22.6 Å². The zero-order valence-electron chi connectivity index (χ0n) is 8.40. The van der Waals surface area contributed by atoms with Crippen molar-refractivity contribution in [2.45, 2.75) is 4.90 Å². The second-order valence-electron chi connectivity index (χ2n) is 3.06. The molecule has 0 radical (unpaired) electrons. The monoisotopic (exact) mass is 355 g/mol. The third-order valence-corrected chi connectivity index (χ3v) is 3.49. The molecule has 1 aromatic heterocycles. The van der Waals surface area contributed by atoms with Crippen LogP contribution in [0.25, 0.3) is 0 Å². The van der Waals surface area contributed by atoms with Gasteiger partial charge in [0.2, 0.25) is 5.91 Å². The van der Waals surface area contributed by atoms with Crippen molar-refractivity contribution in [1.82, 2.24) is 4.98 Å². The second kappa shape index (κ2) is 4.95. The molecular formula is C8H10IN3O3S. The number of anilines is 2. The van der Waals surface area contributed by atoms with E-state index in [1.807, 2.05) is 22.6 Å². The molecule has 88 valence electrons. The first kappa shape index (κ1) is 13.2. The smallest absolute Gasteiger partial charge is 0.234 e. The fourth-order valence-corrected chi connectivity index (χ4v) is 1.71. The molecule has 1 heterocycles. The Morgan fingerprint density at radius 2 is 2.25 bits per heavy atom. The van der Waals surface area contributed by atoms with Gasteiger partial charge in [-0.05, 0) is 6.07 Å². The van der Waals surface area contributed by atoms with E-state index in [9.17, 15) is 13.2 Å². The van der Waals surface area contributed by atoms with Crippen LogP contribution in [0.4, 0.5) is 11.5 Å². The molecule has 3 N–H and O–H groups in total. The summed E-state index contributed by atoms with van der Waals surface area (Å²) in [5, 5.41) is 2.47. The molecule has 6 nitrogen and oxygen atoms in total. The van der Waals surface area contributed by atoms with Crippen LogP contribution < -0.4 is 11.1 Å². The van der Waals surface area contributed by atoms with Crippen LogP contribution in [0.2, 0.25) is 0 Å². The van der Waals surface area contributed by atoms with Crippen LogP contribution >= 0.6 is 22.6 Å². The number of nitrogens with two attached hydrogens (primary N) is 1. The van der Waals surface area contributed by atoms with E-state index in [1.165, 1.54) is 6.07 Å². The number of nitrogen functional groups attached to an aromatic ring is 1. The van der Waals surface area contributed by atoms with E-state index >= 15 is 0 Å². The summed E-state index contributed by atoms with van der Waals surface area (Å²) in [5.41, 5.74) is 5.73. The van der Waals surface area contributed by atoms with E-state index < -0.39 is 9.84 Å². The predicted molar refractivity (Wildman–Crippen MR) is 69.3 cm³/mol. The van der Waals surface area contributed by atoms with Crippen molar-refractivity contribution in [2.75, 3.05) is 21.7 Å². The molecule has 1 amide bonds. The highest BCUT2D eigenvalue weighted by Gasteiger charge is 2.12. The predicted octanol–water partition coefficient (Wildman–Crippen LogP) is 0.441. The average molecular weight is 355 g/mol. The standard InChI is InChI=1S/C8H10IN3O3S/c1-16(14,15)5-2-6(8(10)11-4-5)12-7(13)3-9/h2,4H,3H2,1H3,(H2,10,11)(H,12,13). The van der Waals surface area contributed by atoms with Crippen LogP contribution in [0.1, 0.15) is 0 Å². The number of amides is 1. The summed E-state index contributed by atoms with van der Waals surface area (Å²) >= 11 is 1.89. The Hall–Kier alpha value is -0.900. The van der Waals surface area contributed by atoms with E-state index in [0.29, 0.717) is 0 Å². The highest BCUT2D eigenvalue weighted by atomic mass is 127. The van der Waals surface area contributed by atoms with Crippen molar-refractivity contribution in [1.29, 1.82) is 0 Å². The molecule has 0 atom stereocenters. The number of alkyl halides is 1. The summed E-state index contributed by atoms with van der Waals surface area (Å²) in [4.78, 5) is 14.9. The lowest BCUT2D eigenvalue weighted by molar-refractivity contribution is -0.113. The number of hydrogen-bond donors (Lipinski definition) is 2. The van der Waals surface area contributed by atoms with Gasteiger partial charge in [0.25, 0.3) is 0 Å². The zero-order valence-corrected chi connectivity index (χ0v) is 11.4. The fraction of sp³-hybridized carbons (Fsp3) is 0.250. The van der Waals surface area contributed by atoms with Gasteiger partial charge >= 0.3 is 0 Å². The van der Waals surface area contributed by atoms with Crippen molar-refractivity contribution in [3.8, 4) is 0 Å². The Morgan fingerprint density at radius 3 is 2.75 bits per heavy atom. The molecule has 0 aliphatic rings. The molecule has 1 aromatic rings. The van der Waals surface area contributed by atoms with Crippen molar-refractivity contribution in [2.24, 2.45) is 0 Å². The maximum atomic E-state index is 11.3. The molecular weight excluding hydrogens is 345 g/mol. The van der Waals surface area contributed by atoms with Gasteiger partial charge in [0.05, 0.1) is 15.0 Å². The molecule has 16 heavy (non-hydrogen) atoms. The molecule has 0 saturated heterocycles. The number of carbonyl (C=O) groups excluding carboxylic acids is 1. The Morgan fingerprint density at radius 1 is 1.62 bits per heavy atom. The Balaban J connectivity index is 3.14. The number of carbonyl (C=O) groups is 1. The van der Waals surface area contributed by atoms with Crippen molar-refractivity contribution < 1.29 is 13.2 Å². The fourth-order valence-electron chi connectivity index (χ4n) is 0.943. The summed E-state index contributed by atoms with van der Waals surface area (Å²) in [6, 6.07) is 1.29. The largest absolute Gasteiger partial charge is 0.382 e. The normalized spacial score (nSPS) is 11.1. The van der Waals surface area contributed by atoms with Crippen LogP contribution in [0, 0.1) is 0 Å². The van der Waals surface area contributed by atoms with Gasteiger partial charge in [-0.3, -0.25) is 4.79 Å². The molecule has 0 aromatic carbocycles. The highest BCUT2D eigenvalue weighted by molar-refractivity contribution is 14.1. The summed E-state index contributed by atoms with van der Waals surface area (Å²) in [6.07, 6.45) is 2.22. The lowest BCUT2D eigenvalue weighted by Crippen LogP contribution is -2.15. The van der Waals surface area contributed by atoms with Gasteiger partial charge in [0.1, 0.15) is 5.82 Å². The first-order valence-electron chi connectivity index (χ1n) is 4.16. The van der Waals surface area contributed by atoms with Crippen LogP contribution in [0.3, 0.4) is 0 Å². The van der Waals surface area contributed by atoms with Gasteiger partial charge in [-0.25, -0.2) is 13.4 Å². The number of hydrogen-bond acceptors (Lipinski definition) is 5. The number of nitrogens with one attached hydrogen (secondary N) is 1. The van der Waals surface area contributed by atoms with Gasteiger partial charge in [0, 0.05) is 12.5 Å². The lowest BCUT2D eigenvalue weighted by Gasteiger charge is -2.07. The van der Waals surface area contributed by atoms with Gasteiger partial charge in [0.15, 0.2) is 9.84 Å². The first-order valence-corrected chi connectivity index (χ1v) is 7.57. The number of halogens is 1. The number of sulfone groups is 1. The van der Waals surface area contributed by atoms with E-state index in [2.05, 4.69) is 10.3 Å². The van der Waals surface area contributed by atoms with Crippen LogP contribution in [0.5, 0.6) is 0 Å². The number of aromatic nitrogens is 1. The molecule has 1 rings (SSSR count). The minimum absolute atomic E-state index is 0.0189. The molecule has 8 heteroatoms. The highest BCUT2D eigenvalue weighted by Crippen LogP contribution is 2.20. The van der Waals surface area contributed by atoms with Gasteiger partial charge in [-0.15, -0.1) is 0 Å². The second-order valence-corrected chi connectivity index (χ2v) is 5.84. The zero-order chi connectivity index (χ0) is 12.3. The lowest BCUT2D eigenvalue weighted by atomic mass is 10.4. The topological polar surface area (TPSA) is 102 Å². The molecule has 0 bridgehead atoms. The van der Waals surface area contributed by atoms with Crippen molar-refractivity contribution >= 4 is 49.8 Å². The Bertz CT molecular complexity index is 515. The number of nitrogens with zero attached hydrogens (tertiary/aromatic N) is 1. The van der Waals surface area contributed by atoms with Crippen molar-refractivity contribution in [3.05, 3.63) is 12.3 Å². The minimum atomic E-state index is -3.36. The molecule has 0 fully saturated rings. The maximum Gasteiger partial charge on any atom is 0.234 e. The maximum absolute atomic E-state index is 11.3. The Kier molecular flexibility index (Phi) is 4.08. The van der Waals surface area contributed by atoms with E-state index in [1.54, 1.807) is 0 Å². The minimum Gasteiger partial charge on any atom is -0.382 e. The SMILES string of the molecule is CS(=O)(=O)c1cnc(N)c(NC(=O)CI)c1. The van der Waals surface area contributed by atoms with E-state index in [4.69, 9.17) is 5.73 Å². The third kappa shape index (κ3) is 3.30. The molecule has 0 unspecified atom stereocenters. The Labute approximate surface area is 107 Å². The number of rotatable bonds is 3. The van der Waals surface area contributed by atoms with Gasteiger partial charge in [-0.2, -0.15) is 0 Å². The van der Waals surface area contributed by atoms with Crippen molar-refractivity contribution in [3.63, 3.8) is 0 Å². The first-order chi connectivity index (χ1) is 7.34. The summed E-state index contributed by atoms with van der Waals surface area (Å²) in [5.74, 6) is -0.176. The molecule has 0 aliphatic heterocycles. The number of pyridine rings is 1. The summed E-state index contributed by atoms with van der Waals surface area (Å²) in [6.45, 7) is 0. The van der Waals surface area contributed by atoms with Gasteiger partial charge < -0.3 is 11.1 Å². The third-order valence-electron chi connectivity index (χ3n) is 1.72. The van der Waals surface area contributed by atoms with E-state index in [0.717, 1.165) is 12.5 Å². The average Bonchev–Trinajstić information content (AvgIpc) is 2.19. The summed E-state index contributed by atoms with van der Waals surface area (Å²) < 4.78 is 22.8. The molecule has 0 spiro atoms. The quantitative estimate of drug-likeness (QED) is 0.605. The summed E-state index contributed by atoms with van der Waals surface area (Å²) in [7, 11) is -3.36. The molecule has 0 saturated carbocycles. The van der Waals surface area contributed by atoms with Crippen LogP contribution in [-0.4, -0.2) is 30.0 Å². The van der Waals surface area contributed by atoms with Crippen LogP contribution in [-0.2, 0) is 14.6 Å².